The summed E-state index contributed by atoms with van der Waals surface area (Å²) in [5, 5.41) is 11.8. The second-order valence-corrected chi connectivity index (χ2v) is 4.85. The number of hydrazine groups is 1. The molecule has 0 aromatic carbocycles. The Bertz CT molecular complexity index is 501. The van der Waals surface area contributed by atoms with E-state index in [4.69, 9.17) is 22.6 Å². The van der Waals surface area contributed by atoms with E-state index < -0.39 is 6.03 Å². The van der Waals surface area contributed by atoms with E-state index in [0.29, 0.717) is 12.4 Å². The van der Waals surface area contributed by atoms with Gasteiger partial charge in [-0.15, -0.1) is 11.6 Å². The number of carbonyl (C=O) groups excluding carboxylic acids is 1. The van der Waals surface area contributed by atoms with Crippen LogP contribution in [0.5, 0.6) is 0 Å². The van der Waals surface area contributed by atoms with E-state index in [1.165, 1.54) is 11.2 Å². The molecule has 2 N–H and O–H groups in total. The van der Waals surface area contributed by atoms with E-state index >= 15 is 0 Å². The van der Waals surface area contributed by atoms with Gasteiger partial charge < -0.3 is 5.73 Å². The number of anilines is 1. The van der Waals surface area contributed by atoms with E-state index in [1.54, 1.807) is 11.1 Å². The minimum absolute atomic E-state index is 0.0338. The molecule has 0 radical (unpaired) electrons. The number of nitrogens with two attached hydrogens (primary N) is 1. The van der Waals surface area contributed by atoms with Crippen LogP contribution < -0.4 is 10.7 Å². The minimum Gasteiger partial charge on any atom is -0.350 e. The first-order valence-electron chi connectivity index (χ1n) is 6.13. The molecule has 1 aromatic heterocycles. The van der Waals surface area contributed by atoms with Crippen molar-refractivity contribution in [3.05, 3.63) is 18.1 Å². The topological polar surface area (TPSA) is 99.1 Å². The van der Waals surface area contributed by atoms with Gasteiger partial charge in [0, 0.05) is 24.7 Å². The van der Waals surface area contributed by atoms with Crippen molar-refractivity contribution in [2.45, 2.75) is 13.8 Å². The van der Waals surface area contributed by atoms with Gasteiger partial charge in [-0.2, -0.15) is 10.2 Å². The van der Waals surface area contributed by atoms with Gasteiger partial charge in [0.1, 0.15) is 6.07 Å². The van der Waals surface area contributed by atoms with Crippen molar-refractivity contribution >= 4 is 23.4 Å². The number of nitriles is 1. The predicted molar refractivity (Wildman–Crippen MR) is 75.9 cm³/mol. The van der Waals surface area contributed by atoms with Crippen molar-refractivity contribution in [3.8, 4) is 6.07 Å². The number of alkyl halides is 1. The van der Waals surface area contributed by atoms with Crippen LogP contribution in [0.3, 0.4) is 0 Å². The monoisotopic (exact) mass is 296 g/mol. The summed E-state index contributed by atoms with van der Waals surface area (Å²) in [5.41, 5.74) is 5.39. The third-order valence-electron chi connectivity index (χ3n) is 2.39. The lowest BCUT2D eigenvalue weighted by molar-refractivity contribution is 0.202. The van der Waals surface area contributed by atoms with Crippen LogP contribution in [0.4, 0.5) is 10.6 Å². The lowest BCUT2D eigenvalue weighted by Crippen LogP contribution is -2.52. The van der Waals surface area contributed by atoms with E-state index in [0.717, 1.165) is 0 Å². The van der Waals surface area contributed by atoms with Gasteiger partial charge in [-0.1, -0.05) is 13.8 Å². The average Bonchev–Trinajstić information content (AvgIpc) is 2.42. The molecule has 1 rings (SSSR count). The lowest BCUT2D eigenvalue weighted by Gasteiger charge is -2.35. The highest BCUT2D eigenvalue weighted by Gasteiger charge is 2.21. The van der Waals surface area contributed by atoms with Crippen LogP contribution in [0.2, 0.25) is 0 Å². The van der Waals surface area contributed by atoms with Crippen LogP contribution in [0, 0.1) is 17.2 Å². The molecule has 8 heteroatoms. The summed E-state index contributed by atoms with van der Waals surface area (Å²) in [7, 11) is 0. The first-order valence-corrected chi connectivity index (χ1v) is 6.66. The molecule has 0 unspecified atom stereocenters. The third-order valence-corrected chi connectivity index (χ3v) is 2.55. The highest BCUT2D eigenvalue weighted by atomic mass is 35.5. The molecule has 20 heavy (non-hydrogen) atoms. The van der Waals surface area contributed by atoms with Gasteiger partial charge in [0.25, 0.3) is 0 Å². The van der Waals surface area contributed by atoms with Crippen LogP contribution in [-0.2, 0) is 0 Å². The summed E-state index contributed by atoms with van der Waals surface area (Å²) >= 11 is 5.71. The van der Waals surface area contributed by atoms with E-state index in [-0.39, 0.29) is 24.2 Å². The Morgan fingerprint density at radius 1 is 1.60 bits per heavy atom. The van der Waals surface area contributed by atoms with Crippen LogP contribution in [-0.4, -0.2) is 40.0 Å². The number of primary amides is 1. The molecule has 0 saturated carbocycles. The van der Waals surface area contributed by atoms with E-state index in [2.05, 4.69) is 9.97 Å². The first kappa shape index (κ1) is 16.0. The van der Waals surface area contributed by atoms with Crippen LogP contribution in [0.15, 0.2) is 12.3 Å². The van der Waals surface area contributed by atoms with Gasteiger partial charge in [0.15, 0.2) is 5.82 Å². The first-order chi connectivity index (χ1) is 9.49. The molecule has 0 bridgehead atoms. The number of rotatable bonds is 6. The molecule has 0 spiro atoms. The third kappa shape index (κ3) is 4.24. The van der Waals surface area contributed by atoms with Crippen molar-refractivity contribution in [1.29, 1.82) is 5.26 Å². The molecule has 0 aliphatic heterocycles. The Balaban J connectivity index is 3.15. The fourth-order valence-electron chi connectivity index (χ4n) is 1.64. The molecule has 108 valence electrons. The second-order valence-electron chi connectivity index (χ2n) is 4.48. The second kappa shape index (κ2) is 7.50. The summed E-state index contributed by atoms with van der Waals surface area (Å²) in [4.78, 5) is 19.5. The van der Waals surface area contributed by atoms with Gasteiger partial charge in [0.05, 0.1) is 6.54 Å². The number of carbonyl (C=O) groups is 1. The van der Waals surface area contributed by atoms with Crippen LogP contribution >= 0.6 is 11.6 Å². The largest absolute Gasteiger partial charge is 0.350 e. The maximum atomic E-state index is 11.6. The number of hydrogen-bond acceptors (Lipinski definition) is 5. The van der Waals surface area contributed by atoms with Gasteiger partial charge >= 0.3 is 6.03 Å². The quantitative estimate of drug-likeness (QED) is 0.631. The van der Waals surface area contributed by atoms with Gasteiger partial charge in [0.2, 0.25) is 5.82 Å². The molecule has 0 saturated heterocycles. The average molecular weight is 297 g/mol. The zero-order valence-corrected chi connectivity index (χ0v) is 12.2. The molecule has 0 aliphatic carbocycles. The maximum Gasteiger partial charge on any atom is 0.333 e. The molecule has 0 atom stereocenters. The van der Waals surface area contributed by atoms with Gasteiger partial charge in [-0.3, -0.25) is 5.01 Å². The van der Waals surface area contributed by atoms with Crippen molar-refractivity contribution in [3.63, 3.8) is 0 Å². The summed E-state index contributed by atoms with van der Waals surface area (Å²) in [5.74, 6) is 0.974. The van der Waals surface area contributed by atoms with Crippen LogP contribution in [0.1, 0.15) is 19.7 Å². The van der Waals surface area contributed by atoms with Gasteiger partial charge in [-0.05, 0) is 5.92 Å². The Labute approximate surface area is 122 Å². The predicted octanol–water partition coefficient (Wildman–Crippen LogP) is 1.35. The van der Waals surface area contributed by atoms with Crippen molar-refractivity contribution in [2.24, 2.45) is 11.7 Å². The summed E-state index contributed by atoms with van der Waals surface area (Å²) in [6, 6.07) is 2.86. The smallest absolute Gasteiger partial charge is 0.333 e. The van der Waals surface area contributed by atoms with Crippen molar-refractivity contribution in [1.82, 2.24) is 15.0 Å². The number of nitrogens with zero attached hydrogens (tertiary/aromatic N) is 5. The molecule has 0 fully saturated rings. The molecular formula is C12H17ClN6O. The Kier molecular flexibility index (Phi) is 6.00. The summed E-state index contributed by atoms with van der Waals surface area (Å²) in [6.45, 7) is 4.77. The molecule has 2 amide bonds. The number of halogens is 1. The van der Waals surface area contributed by atoms with Crippen molar-refractivity contribution in [2.75, 3.05) is 24.0 Å². The lowest BCUT2D eigenvalue weighted by atomic mass is 10.2. The Morgan fingerprint density at radius 2 is 2.30 bits per heavy atom. The minimum atomic E-state index is -0.622. The standard InChI is InChI=1S/C12H17ClN6O/c1-9(2)8-19(18(6-4-13)12(15)20)11-3-5-16-10(7-14)17-11/h3,5,9H,4,6,8H2,1-2H3,(H2,15,20). The fourth-order valence-corrected chi connectivity index (χ4v) is 1.80. The number of urea groups is 1. The molecule has 1 aromatic rings. The normalized spacial score (nSPS) is 10.2. The highest BCUT2D eigenvalue weighted by Crippen LogP contribution is 2.15. The molecule has 1 heterocycles. The zero-order valence-electron chi connectivity index (χ0n) is 11.5. The number of amides is 2. The summed E-state index contributed by atoms with van der Waals surface area (Å²) < 4.78 is 0. The van der Waals surface area contributed by atoms with E-state index in [1.807, 2.05) is 19.9 Å². The zero-order chi connectivity index (χ0) is 15.1. The molecule has 0 aliphatic rings. The van der Waals surface area contributed by atoms with Crippen LogP contribution in [0.25, 0.3) is 0 Å². The van der Waals surface area contributed by atoms with E-state index in [9.17, 15) is 4.79 Å². The fraction of sp³-hybridized carbons (Fsp3) is 0.500. The number of hydrogen-bond donors (Lipinski definition) is 1. The molecular weight excluding hydrogens is 280 g/mol. The Hall–Kier alpha value is -2.07. The summed E-state index contributed by atoms with van der Waals surface area (Å²) in [6.07, 6.45) is 1.47. The maximum absolute atomic E-state index is 11.6. The SMILES string of the molecule is CC(C)CN(c1ccnc(C#N)n1)N(CCCl)C(N)=O. The Morgan fingerprint density at radius 3 is 2.80 bits per heavy atom. The molecule has 7 nitrogen and oxygen atoms in total. The van der Waals surface area contributed by atoms with Crippen molar-refractivity contribution < 1.29 is 4.79 Å². The highest BCUT2D eigenvalue weighted by molar-refractivity contribution is 6.18. The van der Waals surface area contributed by atoms with Gasteiger partial charge in [-0.25, -0.2) is 14.8 Å². The number of aromatic nitrogens is 2.